The van der Waals surface area contributed by atoms with Crippen LogP contribution in [0.15, 0.2) is 48.5 Å². The van der Waals surface area contributed by atoms with Crippen LogP contribution >= 0.6 is 0 Å². The summed E-state index contributed by atoms with van der Waals surface area (Å²) in [7, 11) is 0. The first kappa shape index (κ1) is 17.0. The second-order valence-corrected chi connectivity index (χ2v) is 6.52. The number of anilines is 1. The molecule has 0 radical (unpaired) electrons. The summed E-state index contributed by atoms with van der Waals surface area (Å²) in [5, 5.41) is 8.78. The fourth-order valence-electron chi connectivity index (χ4n) is 3.26. The van der Waals surface area contributed by atoms with Gasteiger partial charge in [-0.2, -0.15) is 0 Å². The SMILES string of the molecule is CC(=O)Nc1cccc([C@H](C)NC(=O)NC2Cc3ccccc3C2)c1. The van der Waals surface area contributed by atoms with Crippen LogP contribution in [-0.2, 0) is 17.6 Å². The van der Waals surface area contributed by atoms with Crippen molar-refractivity contribution in [3.63, 3.8) is 0 Å². The van der Waals surface area contributed by atoms with Gasteiger partial charge in [0.25, 0.3) is 0 Å². The average Bonchev–Trinajstić information content (AvgIpc) is 2.96. The van der Waals surface area contributed by atoms with Gasteiger partial charge in [0.15, 0.2) is 0 Å². The van der Waals surface area contributed by atoms with Crippen LogP contribution in [0.2, 0.25) is 0 Å². The van der Waals surface area contributed by atoms with Crippen LogP contribution in [0.1, 0.15) is 36.6 Å². The smallest absolute Gasteiger partial charge is 0.315 e. The van der Waals surface area contributed by atoms with Crippen molar-refractivity contribution in [1.29, 1.82) is 0 Å². The number of carbonyl (C=O) groups excluding carboxylic acids is 2. The number of fused-ring (bicyclic) bond motifs is 1. The summed E-state index contributed by atoms with van der Waals surface area (Å²) in [6.45, 7) is 3.40. The number of rotatable bonds is 4. The van der Waals surface area contributed by atoms with Crippen LogP contribution in [0, 0.1) is 0 Å². The number of carbonyl (C=O) groups is 2. The van der Waals surface area contributed by atoms with Gasteiger partial charge in [-0.25, -0.2) is 4.79 Å². The Morgan fingerprint density at radius 1 is 1.04 bits per heavy atom. The lowest BCUT2D eigenvalue weighted by Gasteiger charge is -2.18. The highest BCUT2D eigenvalue weighted by molar-refractivity contribution is 5.88. The van der Waals surface area contributed by atoms with Crippen molar-refractivity contribution in [2.24, 2.45) is 0 Å². The predicted molar refractivity (Wildman–Crippen MR) is 98.5 cm³/mol. The topological polar surface area (TPSA) is 70.2 Å². The van der Waals surface area contributed by atoms with E-state index in [1.807, 2.05) is 43.3 Å². The number of hydrogen-bond donors (Lipinski definition) is 3. The van der Waals surface area contributed by atoms with E-state index in [0.717, 1.165) is 24.1 Å². The summed E-state index contributed by atoms with van der Waals surface area (Å²) in [5.41, 5.74) is 4.29. The summed E-state index contributed by atoms with van der Waals surface area (Å²) >= 11 is 0. The highest BCUT2D eigenvalue weighted by atomic mass is 16.2. The van der Waals surface area contributed by atoms with E-state index in [-0.39, 0.29) is 24.0 Å². The van der Waals surface area contributed by atoms with E-state index < -0.39 is 0 Å². The lowest BCUT2D eigenvalue weighted by molar-refractivity contribution is -0.114. The molecule has 0 unspecified atom stereocenters. The molecule has 0 aromatic heterocycles. The van der Waals surface area contributed by atoms with Gasteiger partial charge in [-0.05, 0) is 48.6 Å². The predicted octanol–water partition coefficient (Wildman–Crippen LogP) is 3.17. The van der Waals surface area contributed by atoms with E-state index in [4.69, 9.17) is 0 Å². The summed E-state index contributed by atoms with van der Waals surface area (Å²) in [6, 6.07) is 15.6. The van der Waals surface area contributed by atoms with Gasteiger partial charge in [-0.3, -0.25) is 4.79 Å². The minimum absolute atomic E-state index is 0.115. The lowest BCUT2D eigenvalue weighted by Crippen LogP contribution is -2.43. The van der Waals surface area contributed by atoms with Crippen molar-refractivity contribution < 1.29 is 9.59 Å². The second-order valence-electron chi connectivity index (χ2n) is 6.52. The fourth-order valence-corrected chi connectivity index (χ4v) is 3.26. The zero-order chi connectivity index (χ0) is 17.8. The standard InChI is InChI=1S/C20H23N3O2/c1-13(15-8-5-9-18(10-15)22-14(2)24)21-20(25)23-19-11-16-6-3-4-7-17(16)12-19/h3-10,13,19H,11-12H2,1-2H3,(H,22,24)(H2,21,23,25)/t13-/m0/s1. The lowest BCUT2D eigenvalue weighted by atomic mass is 10.1. The molecule has 2 aromatic carbocycles. The van der Waals surface area contributed by atoms with Gasteiger partial charge in [0.2, 0.25) is 5.91 Å². The van der Waals surface area contributed by atoms with Crippen LogP contribution in [0.5, 0.6) is 0 Å². The molecule has 0 saturated heterocycles. The Balaban J connectivity index is 1.55. The van der Waals surface area contributed by atoms with E-state index in [0.29, 0.717) is 0 Å². The minimum atomic E-state index is -0.171. The molecule has 0 saturated carbocycles. The molecule has 0 spiro atoms. The molecule has 1 aliphatic carbocycles. The first-order valence-corrected chi connectivity index (χ1v) is 8.52. The maximum absolute atomic E-state index is 12.3. The van der Waals surface area contributed by atoms with Gasteiger partial charge < -0.3 is 16.0 Å². The Kier molecular flexibility index (Phi) is 5.03. The van der Waals surface area contributed by atoms with E-state index in [1.165, 1.54) is 18.1 Å². The van der Waals surface area contributed by atoms with Crippen molar-refractivity contribution in [1.82, 2.24) is 10.6 Å². The number of amides is 3. The van der Waals surface area contributed by atoms with E-state index in [9.17, 15) is 9.59 Å². The number of nitrogens with one attached hydrogen (secondary N) is 3. The summed E-state index contributed by atoms with van der Waals surface area (Å²) in [5.74, 6) is -0.115. The highest BCUT2D eigenvalue weighted by Gasteiger charge is 2.22. The van der Waals surface area contributed by atoms with Gasteiger partial charge in [-0.15, -0.1) is 0 Å². The van der Waals surface area contributed by atoms with Crippen LogP contribution in [0.25, 0.3) is 0 Å². The Morgan fingerprint density at radius 3 is 2.36 bits per heavy atom. The maximum atomic E-state index is 12.3. The molecular weight excluding hydrogens is 314 g/mol. The van der Waals surface area contributed by atoms with Crippen molar-refractivity contribution in [3.05, 3.63) is 65.2 Å². The van der Waals surface area contributed by atoms with Crippen LogP contribution in [0.4, 0.5) is 10.5 Å². The Morgan fingerprint density at radius 2 is 1.72 bits per heavy atom. The Labute approximate surface area is 147 Å². The second kappa shape index (κ2) is 7.38. The third-order valence-corrected chi connectivity index (χ3v) is 4.44. The Hall–Kier alpha value is -2.82. The van der Waals surface area contributed by atoms with Crippen LogP contribution < -0.4 is 16.0 Å². The zero-order valence-electron chi connectivity index (χ0n) is 14.5. The largest absolute Gasteiger partial charge is 0.335 e. The monoisotopic (exact) mass is 337 g/mol. The molecule has 3 amide bonds. The van der Waals surface area contributed by atoms with Gasteiger partial charge in [-0.1, -0.05) is 36.4 Å². The van der Waals surface area contributed by atoms with Gasteiger partial charge in [0, 0.05) is 18.7 Å². The molecule has 0 aliphatic heterocycles. The molecular formula is C20H23N3O2. The van der Waals surface area contributed by atoms with Crippen LogP contribution in [-0.4, -0.2) is 18.0 Å². The third-order valence-electron chi connectivity index (χ3n) is 4.44. The molecule has 3 rings (SSSR count). The number of hydrogen-bond acceptors (Lipinski definition) is 2. The number of benzene rings is 2. The molecule has 5 nitrogen and oxygen atoms in total. The fraction of sp³-hybridized carbons (Fsp3) is 0.300. The molecule has 5 heteroatoms. The summed E-state index contributed by atoms with van der Waals surface area (Å²) in [4.78, 5) is 23.5. The molecule has 25 heavy (non-hydrogen) atoms. The summed E-state index contributed by atoms with van der Waals surface area (Å²) in [6.07, 6.45) is 1.74. The van der Waals surface area contributed by atoms with Crippen molar-refractivity contribution in [3.8, 4) is 0 Å². The van der Waals surface area contributed by atoms with Gasteiger partial charge in [0.05, 0.1) is 6.04 Å². The van der Waals surface area contributed by atoms with Crippen molar-refractivity contribution >= 4 is 17.6 Å². The van der Waals surface area contributed by atoms with E-state index in [2.05, 4.69) is 28.1 Å². The molecule has 1 aliphatic rings. The average molecular weight is 337 g/mol. The highest BCUT2D eigenvalue weighted by Crippen LogP contribution is 2.22. The minimum Gasteiger partial charge on any atom is -0.335 e. The molecule has 130 valence electrons. The van der Waals surface area contributed by atoms with Crippen LogP contribution in [0.3, 0.4) is 0 Å². The van der Waals surface area contributed by atoms with Gasteiger partial charge in [0.1, 0.15) is 0 Å². The molecule has 2 aromatic rings. The van der Waals surface area contributed by atoms with Crippen molar-refractivity contribution in [2.45, 2.75) is 38.8 Å². The van der Waals surface area contributed by atoms with Crippen molar-refractivity contribution in [2.75, 3.05) is 5.32 Å². The van der Waals surface area contributed by atoms with E-state index >= 15 is 0 Å². The third kappa shape index (κ3) is 4.38. The molecule has 0 bridgehead atoms. The normalized spacial score (nSPS) is 14.5. The first-order chi connectivity index (χ1) is 12.0. The first-order valence-electron chi connectivity index (χ1n) is 8.52. The zero-order valence-corrected chi connectivity index (χ0v) is 14.5. The molecule has 0 heterocycles. The maximum Gasteiger partial charge on any atom is 0.315 e. The molecule has 3 N–H and O–H groups in total. The molecule has 0 fully saturated rings. The van der Waals surface area contributed by atoms with E-state index in [1.54, 1.807) is 0 Å². The van der Waals surface area contributed by atoms with Gasteiger partial charge >= 0.3 is 6.03 Å². The Bertz CT molecular complexity index is 763. The number of urea groups is 1. The molecule has 1 atom stereocenters. The quantitative estimate of drug-likeness (QED) is 0.802. The summed E-state index contributed by atoms with van der Waals surface area (Å²) < 4.78 is 0.